The summed E-state index contributed by atoms with van der Waals surface area (Å²) >= 11 is 0. The van der Waals surface area contributed by atoms with E-state index in [0.29, 0.717) is 11.3 Å². The molecule has 1 aromatic carbocycles. The number of pyridine rings is 1. The summed E-state index contributed by atoms with van der Waals surface area (Å²) in [4.78, 5) is 28.3. The number of ether oxygens (including phenoxy) is 3. The molecule has 0 radical (unpaired) electrons. The van der Waals surface area contributed by atoms with Gasteiger partial charge in [-0.15, -0.1) is 0 Å². The molecule has 1 unspecified atom stereocenters. The van der Waals surface area contributed by atoms with E-state index in [-0.39, 0.29) is 11.4 Å². The number of alkyl carbamates (subject to hydrolysis) is 1. The number of carbonyl (C=O) groups is 2. The third-order valence-electron chi connectivity index (χ3n) is 4.29. The number of aliphatic hydroxyl groups is 1. The van der Waals surface area contributed by atoms with E-state index in [2.05, 4.69) is 20.4 Å². The molecule has 3 atom stereocenters. The second kappa shape index (κ2) is 8.58. The van der Waals surface area contributed by atoms with Gasteiger partial charge in [-0.2, -0.15) is 0 Å². The molecule has 1 aromatic heterocycles. The Hall–Kier alpha value is -3.33. The summed E-state index contributed by atoms with van der Waals surface area (Å²) in [7, 11) is 1.27. The molecule has 0 fully saturated rings. The number of methoxy groups -OCH3 is 1. The Bertz CT molecular complexity index is 913. The maximum absolute atomic E-state index is 12.4. The zero-order chi connectivity index (χ0) is 21.9. The number of anilines is 1. The fraction of sp³-hybridized carbons (Fsp3) is 0.381. The maximum atomic E-state index is 12.4. The first-order valence-corrected chi connectivity index (χ1v) is 9.42. The largest absolute Gasteiger partial charge is 0.465 e. The van der Waals surface area contributed by atoms with Crippen LogP contribution in [0.5, 0.6) is 5.88 Å². The van der Waals surface area contributed by atoms with Crippen molar-refractivity contribution in [1.82, 2.24) is 10.3 Å². The molecule has 3 rings (SSSR count). The van der Waals surface area contributed by atoms with Gasteiger partial charge in [0.15, 0.2) is 12.3 Å². The first kappa shape index (κ1) is 21.4. The van der Waals surface area contributed by atoms with Gasteiger partial charge in [0.05, 0.1) is 18.7 Å². The van der Waals surface area contributed by atoms with E-state index >= 15 is 0 Å². The second-order valence-electron chi connectivity index (χ2n) is 7.77. The molecule has 0 saturated carbocycles. The minimum Gasteiger partial charge on any atom is -0.465 e. The number of carbonyl (C=O) groups excluding carboxylic acids is 2. The lowest BCUT2D eigenvalue weighted by Gasteiger charge is -2.36. The fourth-order valence-electron chi connectivity index (χ4n) is 3.01. The van der Waals surface area contributed by atoms with Crippen molar-refractivity contribution in [3.05, 3.63) is 53.7 Å². The average molecular weight is 415 g/mol. The van der Waals surface area contributed by atoms with Crippen molar-refractivity contribution in [2.24, 2.45) is 0 Å². The molecule has 0 saturated heterocycles. The minimum absolute atomic E-state index is 0.185. The van der Waals surface area contributed by atoms with Gasteiger partial charge in [0.2, 0.25) is 5.88 Å². The van der Waals surface area contributed by atoms with Crippen LogP contribution >= 0.6 is 0 Å². The SMILES string of the molecule is COC(=O)c1cnc2c(c1)NC(O)[C@@H]([C@H](NC(=O)OC(C)(C)C)c1ccccc1)O2. The van der Waals surface area contributed by atoms with Crippen LogP contribution in [-0.4, -0.2) is 47.2 Å². The lowest BCUT2D eigenvalue weighted by Crippen LogP contribution is -2.51. The van der Waals surface area contributed by atoms with Gasteiger partial charge in [0.25, 0.3) is 0 Å². The molecule has 9 nitrogen and oxygen atoms in total. The van der Waals surface area contributed by atoms with Crippen LogP contribution in [-0.2, 0) is 9.47 Å². The van der Waals surface area contributed by atoms with E-state index in [9.17, 15) is 14.7 Å². The predicted molar refractivity (Wildman–Crippen MR) is 108 cm³/mol. The van der Waals surface area contributed by atoms with E-state index in [1.54, 1.807) is 32.9 Å². The van der Waals surface area contributed by atoms with Crippen LogP contribution in [0.1, 0.15) is 42.7 Å². The van der Waals surface area contributed by atoms with Crippen LogP contribution < -0.4 is 15.4 Å². The molecule has 2 aromatic rings. The summed E-state index contributed by atoms with van der Waals surface area (Å²) in [6.07, 6.45) is -1.44. The average Bonchev–Trinajstić information content (AvgIpc) is 2.70. The molecule has 30 heavy (non-hydrogen) atoms. The number of benzene rings is 1. The molecule has 0 spiro atoms. The number of aromatic nitrogens is 1. The van der Waals surface area contributed by atoms with Crippen molar-refractivity contribution in [3.8, 4) is 5.88 Å². The quantitative estimate of drug-likeness (QED) is 0.652. The van der Waals surface area contributed by atoms with Gasteiger partial charge in [-0.1, -0.05) is 30.3 Å². The van der Waals surface area contributed by atoms with Crippen LogP contribution in [0.4, 0.5) is 10.5 Å². The van der Waals surface area contributed by atoms with Gasteiger partial charge in [-0.25, -0.2) is 14.6 Å². The molecule has 160 valence electrons. The first-order chi connectivity index (χ1) is 14.2. The summed E-state index contributed by atoms with van der Waals surface area (Å²) in [6.45, 7) is 5.28. The highest BCUT2D eigenvalue weighted by Gasteiger charge is 2.38. The zero-order valence-electron chi connectivity index (χ0n) is 17.2. The van der Waals surface area contributed by atoms with Crippen LogP contribution in [0, 0.1) is 0 Å². The van der Waals surface area contributed by atoms with E-state index in [0.717, 1.165) is 0 Å². The summed E-state index contributed by atoms with van der Waals surface area (Å²) in [6, 6.07) is 9.83. The Labute approximate surface area is 174 Å². The molecule has 1 aliphatic rings. The zero-order valence-corrected chi connectivity index (χ0v) is 17.2. The highest BCUT2D eigenvalue weighted by atomic mass is 16.6. The normalized spacial score (nSPS) is 18.8. The molecule has 1 amide bonds. The molecule has 3 N–H and O–H groups in total. The van der Waals surface area contributed by atoms with Gasteiger partial charge < -0.3 is 30.0 Å². The highest BCUT2D eigenvalue weighted by molar-refractivity contribution is 5.90. The monoisotopic (exact) mass is 415 g/mol. The van der Waals surface area contributed by atoms with Crippen LogP contribution in [0.25, 0.3) is 0 Å². The number of esters is 1. The summed E-state index contributed by atoms with van der Waals surface area (Å²) in [5, 5.41) is 16.3. The van der Waals surface area contributed by atoms with Gasteiger partial charge in [-0.3, -0.25) is 0 Å². The number of amides is 1. The standard InChI is InChI=1S/C21H25N3O6/c1-21(2,3)30-20(27)24-15(12-8-6-5-7-9-12)16-17(25)23-14-10-13(19(26)28-4)11-22-18(14)29-16/h5-11,15-17,23,25H,1-4H3,(H,24,27)/t15-,16-,17?/m1/s1. The Morgan fingerprint density at radius 3 is 2.60 bits per heavy atom. The smallest absolute Gasteiger partial charge is 0.408 e. The van der Waals surface area contributed by atoms with Gasteiger partial charge in [0.1, 0.15) is 11.3 Å². The Kier molecular flexibility index (Phi) is 6.12. The number of fused-ring (bicyclic) bond motifs is 1. The van der Waals surface area contributed by atoms with Crippen molar-refractivity contribution >= 4 is 17.7 Å². The van der Waals surface area contributed by atoms with Crippen molar-refractivity contribution in [3.63, 3.8) is 0 Å². The van der Waals surface area contributed by atoms with Crippen LogP contribution in [0.15, 0.2) is 42.6 Å². The van der Waals surface area contributed by atoms with Gasteiger partial charge >= 0.3 is 12.1 Å². The number of hydrogen-bond acceptors (Lipinski definition) is 8. The number of nitrogens with zero attached hydrogens (tertiary/aromatic N) is 1. The molecule has 2 heterocycles. The van der Waals surface area contributed by atoms with E-state index < -0.39 is 36.0 Å². The van der Waals surface area contributed by atoms with Crippen molar-refractivity contribution in [2.75, 3.05) is 12.4 Å². The summed E-state index contributed by atoms with van der Waals surface area (Å²) in [5.74, 6) is -0.373. The first-order valence-electron chi connectivity index (χ1n) is 9.42. The molecule has 0 aliphatic carbocycles. The fourth-order valence-corrected chi connectivity index (χ4v) is 3.01. The summed E-state index contributed by atoms with van der Waals surface area (Å²) in [5.41, 5.74) is 0.577. The van der Waals surface area contributed by atoms with E-state index in [1.807, 2.05) is 18.2 Å². The lowest BCUT2D eigenvalue weighted by molar-refractivity contribution is 0.00774. The number of nitrogens with one attached hydrogen (secondary N) is 2. The number of rotatable bonds is 4. The van der Waals surface area contributed by atoms with Gasteiger partial charge in [0, 0.05) is 6.20 Å². The van der Waals surface area contributed by atoms with Crippen LogP contribution in [0.3, 0.4) is 0 Å². The minimum atomic E-state index is -1.20. The topological polar surface area (TPSA) is 119 Å². The van der Waals surface area contributed by atoms with Crippen molar-refractivity contribution in [2.45, 2.75) is 44.7 Å². The maximum Gasteiger partial charge on any atom is 0.408 e. The van der Waals surface area contributed by atoms with Crippen molar-refractivity contribution < 1.29 is 28.9 Å². The molecular formula is C21H25N3O6. The Balaban J connectivity index is 1.88. The summed E-state index contributed by atoms with van der Waals surface area (Å²) < 4.78 is 16.0. The molecular weight excluding hydrogens is 390 g/mol. The third kappa shape index (κ3) is 4.98. The van der Waals surface area contributed by atoms with Crippen molar-refractivity contribution in [1.29, 1.82) is 0 Å². The van der Waals surface area contributed by atoms with E-state index in [1.165, 1.54) is 19.4 Å². The predicted octanol–water partition coefficient (Wildman–Crippen LogP) is 2.63. The highest BCUT2D eigenvalue weighted by Crippen LogP contribution is 2.34. The van der Waals surface area contributed by atoms with E-state index in [4.69, 9.17) is 9.47 Å². The van der Waals surface area contributed by atoms with Crippen LogP contribution in [0.2, 0.25) is 0 Å². The second-order valence-corrected chi connectivity index (χ2v) is 7.77. The molecule has 1 aliphatic heterocycles. The van der Waals surface area contributed by atoms with Gasteiger partial charge in [-0.05, 0) is 32.4 Å². The molecule has 9 heteroatoms. The number of aliphatic hydroxyl groups excluding tert-OH is 1. The Morgan fingerprint density at radius 1 is 1.27 bits per heavy atom. The molecule has 0 bridgehead atoms. The number of hydrogen-bond donors (Lipinski definition) is 3. The third-order valence-corrected chi connectivity index (χ3v) is 4.29. The lowest BCUT2D eigenvalue weighted by atomic mass is 9.99. The Morgan fingerprint density at radius 2 is 1.97 bits per heavy atom.